The second-order valence-electron chi connectivity index (χ2n) is 3.71. The van der Waals surface area contributed by atoms with Crippen molar-refractivity contribution in [1.29, 1.82) is 0 Å². The van der Waals surface area contributed by atoms with Crippen molar-refractivity contribution in [3.8, 4) is 0 Å². The fourth-order valence-corrected chi connectivity index (χ4v) is 1.86. The van der Waals surface area contributed by atoms with Gasteiger partial charge in [0.1, 0.15) is 6.61 Å². The van der Waals surface area contributed by atoms with Crippen LogP contribution in [0, 0.1) is 0 Å². The molecule has 0 amide bonds. The van der Waals surface area contributed by atoms with E-state index in [9.17, 15) is 0 Å². The van der Waals surface area contributed by atoms with Crippen molar-refractivity contribution in [2.24, 2.45) is 0 Å². The first-order valence-electron chi connectivity index (χ1n) is 5.47. The Morgan fingerprint density at radius 3 is 2.07 bits per heavy atom. The van der Waals surface area contributed by atoms with Crippen LogP contribution < -0.4 is 0 Å². The van der Waals surface area contributed by atoms with E-state index in [4.69, 9.17) is 4.74 Å². The number of fused-ring (bicyclic) bond motifs is 1. The number of hydrogen-bond acceptors (Lipinski definition) is 1. The van der Waals surface area contributed by atoms with Crippen LogP contribution in [0.2, 0.25) is 0 Å². The van der Waals surface area contributed by atoms with Crippen molar-refractivity contribution in [1.82, 2.24) is 0 Å². The summed E-state index contributed by atoms with van der Waals surface area (Å²) in [6.07, 6.45) is 11.4. The molecule has 0 saturated heterocycles. The maximum Gasteiger partial charge on any atom is 0.106 e. The fraction of sp³-hybridized carbons (Fsp3) is 0.286. The summed E-state index contributed by atoms with van der Waals surface area (Å²) in [6.45, 7) is 0.733. The summed E-state index contributed by atoms with van der Waals surface area (Å²) in [6, 6.07) is 8.74. The minimum atomic E-state index is 0.733. The van der Waals surface area contributed by atoms with Crippen LogP contribution in [-0.4, -0.2) is 6.61 Å². The summed E-state index contributed by atoms with van der Waals surface area (Å²) in [7, 11) is 0. The van der Waals surface area contributed by atoms with Crippen LogP contribution in [-0.2, 0) is 17.6 Å². The van der Waals surface area contributed by atoms with Gasteiger partial charge in [-0.25, -0.2) is 0 Å². The summed E-state index contributed by atoms with van der Waals surface area (Å²) in [4.78, 5) is 0. The minimum Gasteiger partial charge on any atom is -0.497 e. The largest absolute Gasteiger partial charge is 0.497 e. The fourth-order valence-electron chi connectivity index (χ4n) is 1.86. The van der Waals surface area contributed by atoms with Crippen molar-refractivity contribution < 1.29 is 4.74 Å². The molecule has 15 heavy (non-hydrogen) atoms. The summed E-state index contributed by atoms with van der Waals surface area (Å²) in [5.41, 5.74) is 3.13. The summed E-state index contributed by atoms with van der Waals surface area (Å²) < 4.78 is 4.80. The molecular weight excluding hydrogens is 184 g/mol. The Morgan fingerprint density at radius 1 is 0.933 bits per heavy atom. The molecule has 2 aliphatic rings. The Morgan fingerprint density at radius 2 is 1.67 bits per heavy atom. The van der Waals surface area contributed by atoms with Crippen molar-refractivity contribution in [2.75, 3.05) is 6.61 Å². The van der Waals surface area contributed by atoms with Crippen LogP contribution in [0.1, 0.15) is 17.5 Å². The molecular formula is C14H16O. The predicted molar refractivity (Wildman–Crippen MR) is 62.7 cm³/mol. The van der Waals surface area contributed by atoms with E-state index in [0.29, 0.717) is 0 Å². The molecule has 0 spiro atoms. The van der Waals surface area contributed by atoms with Crippen LogP contribution >= 0.6 is 0 Å². The molecule has 0 bridgehead atoms. The second kappa shape index (κ2) is 5.40. The van der Waals surface area contributed by atoms with Crippen molar-refractivity contribution >= 4 is 0 Å². The highest BCUT2D eigenvalue weighted by Crippen LogP contribution is 2.20. The smallest absolute Gasteiger partial charge is 0.106 e. The monoisotopic (exact) mass is 200 g/mol. The van der Waals surface area contributed by atoms with E-state index in [-0.39, 0.29) is 0 Å². The van der Waals surface area contributed by atoms with E-state index in [1.165, 1.54) is 19.3 Å². The van der Waals surface area contributed by atoms with E-state index in [0.717, 1.165) is 6.61 Å². The van der Waals surface area contributed by atoms with Gasteiger partial charge < -0.3 is 4.74 Å². The zero-order valence-electron chi connectivity index (χ0n) is 8.86. The van der Waals surface area contributed by atoms with Crippen LogP contribution in [0.25, 0.3) is 0 Å². The van der Waals surface area contributed by atoms with Crippen LogP contribution in [0.15, 0.2) is 48.8 Å². The Labute approximate surface area is 91.1 Å². The Hall–Kier alpha value is -1.50. The molecule has 0 aromatic heterocycles. The Kier molecular flexibility index (Phi) is 3.61. The quantitative estimate of drug-likeness (QED) is 0.624. The third-order valence-corrected chi connectivity index (χ3v) is 2.63. The third-order valence-electron chi connectivity index (χ3n) is 2.63. The van der Waals surface area contributed by atoms with E-state index in [1.807, 2.05) is 18.2 Å². The molecule has 1 nitrogen and oxygen atoms in total. The lowest BCUT2D eigenvalue weighted by atomic mass is 10.1. The SMILES string of the molecule is C1=CCOC=C1.c1ccc2c(c1)CCC2. The standard InChI is InChI=1S/C9H10.C5H6O/c1-2-5-9-7-3-6-8(9)4-1;1-2-4-6-5-3-1/h1-2,4-5H,3,6-7H2;1-4H,5H2. The van der Waals surface area contributed by atoms with Crippen LogP contribution in [0.4, 0.5) is 0 Å². The summed E-state index contributed by atoms with van der Waals surface area (Å²) in [5, 5.41) is 0. The zero-order chi connectivity index (χ0) is 10.3. The first-order valence-corrected chi connectivity index (χ1v) is 5.47. The van der Waals surface area contributed by atoms with E-state index in [1.54, 1.807) is 17.4 Å². The van der Waals surface area contributed by atoms with Crippen molar-refractivity contribution in [3.05, 3.63) is 59.9 Å². The van der Waals surface area contributed by atoms with Crippen LogP contribution in [0.5, 0.6) is 0 Å². The summed E-state index contributed by atoms with van der Waals surface area (Å²) >= 11 is 0. The molecule has 1 aromatic rings. The molecule has 0 saturated carbocycles. The molecule has 1 aliphatic heterocycles. The molecule has 0 unspecified atom stereocenters. The molecule has 0 atom stereocenters. The molecule has 3 rings (SSSR count). The van der Waals surface area contributed by atoms with Gasteiger partial charge in [0.2, 0.25) is 0 Å². The molecule has 1 heteroatoms. The predicted octanol–water partition coefficient (Wildman–Crippen LogP) is 3.26. The van der Waals surface area contributed by atoms with Gasteiger partial charge in [-0.2, -0.15) is 0 Å². The Balaban J connectivity index is 0.000000124. The maximum absolute atomic E-state index is 4.80. The molecule has 1 heterocycles. The van der Waals surface area contributed by atoms with Gasteiger partial charge >= 0.3 is 0 Å². The van der Waals surface area contributed by atoms with E-state index in [2.05, 4.69) is 24.3 Å². The average molecular weight is 200 g/mol. The second-order valence-corrected chi connectivity index (χ2v) is 3.71. The van der Waals surface area contributed by atoms with E-state index < -0.39 is 0 Å². The first kappa shape index (κ1) is 10.0. The van der Waals surface area contributed by atoms with Gasteiger partial charge in [0.15, 0.2) is 0 Å². The number of ether oxygens (including phenoxy) is 1. The Bertz CT molecular complexity index is 328. The van der Waals surface area contributed by atoms with Gasteiger partial charge in [-0.05, 0) is 42.5 Å². The average Bonchev–Trinajstić information content (AvgIpc) is 2.80. The van der Waals surface area contributed by atoms with Gasteiger partial charge in [-0.1, -0.05) is 30.3 Å². The number of rotatable bonds is 0. The number of hydrogen-bond donors (Lipinski definition) is 0. The highest BCUT2D eigenvalue weighted by atomic mass is 16.5. The highest BCUT2D eigenvalue weighted by Gasteiger charge is 2.07. The minimum absolute atomic E-state index is 0.733. The molecule has 0 radical (unpaired) electrons. The van der Waals surface area contributed by atoms with Gasteiger partial charge in [0.05, 0.1) is 6.26 Å². The molecule has 1 aliphatic carbocycles. The lowest BCUT2D eigenvalue weighted by molar-refractivity contribution is 0.286. The lowest BCUT2D eigenvalue weighted by Crippen LogP contribution is -1.82. The van der Waals surface area contributed by atoms with E-state index >= 15 is 0 Å². The highest BCUT2D eigenvalue weighted by molar-refractivity contribution is 5.30. The van der Waals surface area contributed by atoms with Crippen molar-refractivity contribution in [3.63, 3.8) is 0 Å². The maximum atomic E-state index is 4.80. The van der Waals surface area contributed by atoms with Gasteiger partial charge in [-0.15, -0.1) is 0 Å². The normalized spacial score (nSPS) is 16.3. The molecule has 78 valence electrons. The molecule has 0 fully saturated rings. The molecule has 0 N–H and O–H groups in total. The third kappa shape index (κ3) is 2.98. The van der Waals surface area contributed by atoms with Gasteiger partial charge in [0, 0.05) is 0 Å². The first-order chi connectivity index (χ1) is 7.47. The number of aryl methyl sites for hydroxylation is 2. The number of allylic oxidation sites excluding steroid dienone is 2. The zero-order valence-corrected chi connectivity index (χ0v) is 8.86. The lowest BCUT2D eigenvalue weighted by Gasteiger charge is -1.94. The van der Waals surface area contributed by atoms with Gasteiger partial charge in [0.25, 0.3) is 0 Å². The van der Waals surface area contributed by atoms with Crippen molar-refractivity contribution in [2.45, 2.75) is 19.3 Å². The van der Waals surface area contributed by atoms with Gasteiger partial charge in [-0.3, -0.25) is 0 Å². The molecule has 1 aromatic carbocycles. The van der Waals surface area contributed by atoms with Crippen LogP contribution in [0.3, 0.4) is 0 Å². The summed E-state index contributed by atoms with van der Waals surface area (Å²) in [5.74, 6) is 0. The number of benzene rings is 1. The topological polar surface area (TPSA) is 9.23 Å².